The van der Waals surface area contributed by atoms with Crippen LogP contribution in [0.5, 0.6) is 0 Å². The zero-order valence-corrected chi connectivity index (χ0v) is 21.5. The maximum absolute atomic E-state index is 14.4. The second kappa shape index (κ2) is 9.89. The second-order valence-electron chi connectivity index (χ2n) is 9.49. The molecule has 5 rings (SSSR count). The van der Waals surface area contributed by atoms with E-state index >= 15 is 0 Å². The Morgan fingerprint density at radius 1 is 1.13 bits per heavy atom. The second-order valence-corrected chi connectivity index (χ2v) is 9.49. The number of aryl methyl sites for hydroxylation is 1. The first-order valence-electron chi connectivity index (χ1n) is 12.3. The average Bonchev–Trinajstić information content (AvgIpc) is 2.94. The minimum absolute atomic E-state index is 0.110. The van der Waals surface area contributed by atoms with Gasteiger partial charge in [-0.05, 0) is 59.9 Å². The number of benzene rings is 2. The minimum atomic E-state index is -2.72. The lowest BCUT2D eigenvalue weighted by atomic mass is 9.91. The number of hydrogen-bond donors (Lipinski definition) is 0. The molecule has 0 saturated carbocycles. The van der Waals surface area contributed by atoms with Crippen molar-refractivity contribution in [3.8, 4) is 11.1 Å². The first-order valence-corrected chi connectivity index (χ1v) is 12.3. The Labute approximate surface area is 219 Å². The number of carbonyl (C=O) groups is 2. The summed E-state index contributed by atoms with van der Waals surface area (Å²) in [4.78, 5) is 33.8. The molecule has 0 aliphatic carbocycles. The van der Waals surface area contributed by atoms with Crippen molar-refractivity contribution in [3.05, 3.63) is 77.1 Å². The molecule has 0 saturated heterocycles. The van der Waals surface area contributed by atoms with Gasteiger partial charge in [0.05, 0.1) is 19.3 Å². The predicted molar refractivity (Wildman–Crippen MR) is 143 cm³/mol. The number of carbonyl (C=O) groups excluding carboxylic acids is 2. The molecule has 1 aromatic heterocycles. The number of aromatic nitrogens is 1. The molecule has 3 aromatic rings. The van der Waals surface area contributed by atoms with Crippen LogP contribution in [0.3, 0.4) is 0 Å². The van der Waals surface area contributed by atoms with Crippen molar-refractivity contribution < 1.29 is 23.1 Å². The molecule has 2 amide bonds. The van der Waals surface area contributed by atoms with Gasteiger partial charge in [-0.25, -0.2) is 23.4 Å². The molecule has 38 heavy (non-hydrogen) atoms. The van der Waals surface area contributed by atoms with Gasteiger partial charge in [0.15, 0.2) is 0 Å². The molecule has 0 fully saturated rings. The maximum Gasteiger partial charge on any atom is 0.356 e. The van der Waals surface area contributed by atoms with Crippen LogP contribution in [0.1, 0.15) is 45.6 Å². The number of methoxy groups -OCH3 is 1. The smallest absolute Gasteiger partial charge is 0.356 e. The highest BCUT2D eigenvalue weighted by Gasteiger charge is 2.31. The molecular weight excluding hydrogens is 490 g/mol. The van der Waals surface area contributed by atoms with Gasteiger partial charge >= 0.3 is 12.0 Å². The molecule has 196 valence electrons. The van der Waals surface area contributed by atoms with E-state index in [2.05, 4.69) is 21.2 Å². The number of rotatable bonds is 5. The fourth-order valence-electron chi connectivity index (χ4n) is 5.25. The van der Waals surface area contributed by atoms with Gasteiger partial charge < -0.3 is 14.5 Å². The molecule has 0 atom stereocenters. The first-order chi connectivity index (χ1) is 18.2. The van der Waals surface area contributed by atoms with Gasteiger partial charge in [0.2, 0.25) is 0 Å². The van der Waals surface area contributed by atoms with Crippen LogP contribution in [0.4, 0.5) is 30.6 Å². The first kappa shape index (κ1) is 25.4. The highest BCUT2D eigenvalue weighted by atomic mass is 19.3. The van der Waals surface area contributed by atoms with Gasteiger partial charge in [-0.2, -0.15) is 0 Å². The summed E-state index contributed by atoms with van der Waals surface area (Å²) in [5, 5.41) is 0. The van der Waals surface area contributed by atoms with E-state index in [9.17, 15) is 18.4 Å². The van der Waals surface area contributed by atoms with Crippen molar-refractivity contribution in [3.63, 3.8) is 0 Å². The Morgan fingerprint density at radius 2 is 1.89 bits per heavy atom. The summed E-state index contributed by atoms with van der Waals surface area (Å²) in [6.45, 7) is 4.97. The third kappa shape index (κ3) is 4.27. The number of esters is 1. The van der Waals surface area contributed by atoms with Crippen molar-refractivity contribution in [2.75, 3.05) is 37.5 Å². The lowest BCUT2D eigenvalue weighted by Crippen LogP contribution is -2.43. The number of pyridine rings is 1. The molecule has 0 radical (unpaired) electrons. The lowest BCUT2D eigenvalue weighted by molar-refractivity contribution is 0.0594. The molecule has 0 spiro atoms. The van der Waals surface area contributed by atoms with E-state index in [1.807, 2.05) is 18.2 Å². The maximum atomic E-state index is 14.4. The van der Waals surface area contributed by atoms with Gasteiger partial charge in [-0.1, -0.05) is 18.7 Å². The summed E-state index contributed by atoms with van der Waals surface area (Å²) in [5.74, 6) is -0.588. The number of nitrogens with zero attached hydrogens (tertiary/aromatic N) is 4. The average molecular weight is 519 g/mol. The van der Waals surface area contributed by atoms with E-state index in [4.69, 9.17) is 0 Å². The fourth-order valence-corrected chi connectivity index (χ4v) is 5.25. The quantitative estimate of drug-likeness (QED) is 0.376. The number of fused-ring (bicyclic) bond motifs is 2. The highest BCUT2D eigenvalue weighted by Crippen LogP contribution is 2.45. The molecule has 0 unspecified atom stereocenters. The SMILES string of the molecule is C=Cc1cc2c(c(N3CCCc4cc(-c5ccc(C(=O)OC)nc5)c(C(F)F)cc43)c1)CN(C)C(=O)N2C. The van der Waals surface area contributed by atoms with Gasteiger partial charge in [0.25, 0.3) is 6.43 Å². The molecule has 7 nitrogen and oxygen atoms in total. The van der Waals surface area contributed by atoms with Crippen LogP contribution in [0.2, 0.25) is 0 Å². The Morgan fingerprint density at radius 3 is 2.55 bits per heavy atom. The Kier molecular flexibility index (Phi) is 6.60. The minimum Gasteiger partial charge on any atom is -0.464 e. The zero-order valence-electron chi connectivity index (χ0n) is 21.5. The van der Waals surface area contributed by atoms with Crippen LogP contribution >= 0.6 is 0 Å². The van der Waals surface area contributed by atoms with Gasteiger partial charge in [-0.3, -0.25) is 4.90 Å². The van der Waals surface area contributed by atoms with Gasteiger partial charge in [-0.15, -0.1) is 0 Å². The number of anilines is 3. The topological polar surface area (TPSA) is 66.0 Å². The van der Waals surface area contributed by atoms with Crippen LogP contribution in [-0.4, -0.2) is 49.6 Å². The molecule has 0 bridgehead atoms. The number of hydrogen-bond acceptors (Lipinski definition) is 5. The van der Waals surface area contributed by atoms with E-state index < -0.39 is 12.4 Å². The van der Waals surface area contributed by atoms with Crippen LogP contribution in [0.25, 0.3) is 17.2 Å². The molecule has 2 aromatic carbocycles. The summed E-state index contributed by atoms with van der Waals surface area (Å²) in [6, 6.07) is 10.3. The number of ether oxygens (including phenoxy) is 1. The number of halogens is 2. The summed E-state index contributed by atoms with van der Waals surface area (Å²) in [5.41, 5.74) is 6.02. The van der Waals surface area contributed by atoms with Gasteiger partial charge in [0, 0.05) is 54.9 Å². The van der Waals surface area contributed by atoms with E-state index in [0.29, 0.717) is 24.2 Å². The molecule has 9 heteroatoms. The van der Waals surface area contributed by atoms with Crippen LogP contribution < -0.4 is 9.80 Å². The standard InChI is InChI=1S/C29H28F2N4O3/c1-5-17-11-25-22(16-33(2)29(37)34(25)3)26(12-17)35-10-6-7-18-13-20(21(27(30)31)14-24(18)35)19-8-9-23(32-15-19)28(36)38-4/h5,8-9,11-15,27H,1,6-7,10,16H2,2-4H3. The molecule has 0 N–H and O–H groups in total. The predicted octanol–water partition coefficient (Wildman–Crippen LogP) is 6.20. The van der Waals surface area contributed by atoms with E-state index in [1.165, 1.54) is 19.4 Å². The van der Waals surface area contributed by atoms with E-state index in [1.54, 1.807) is 42.1 Å². The Bertz CT molecular complexity index is 1440. The fraction of sp³-hybridized carbons (Fsp3) is 0.276. The van der Waals surface area contributed by atoms with E-state index in [-0.39, 0.29) is 17.3 Å². The number of alkyl halides is 2. The van der Waals surface area contributed by atoms with Crippen LogP contribution in [0, 0.1) is 0 Å². The summed E-state index contributed by atoms with van der Waals surface area (Å²) < 4.78 is 33.6. The Balaban J connectivity index is 1.65. The van der Waals surface area contributed by atoms with E-state index in [0.717, 1.165) is 46.6 Å². The summed E-state index contributed by atoms with van der Waals surface area (Å²) >= 11 is 0. The van der Waals surface area contributed by atoms with Crippen LogP contribution in [0.15, 0.2) is 49.2 Å². The number of amides is 2. The molecule has 2 aliphatic rings. The van der Waals surface area contributed by atoms with Crippen molar-refractivity contribution in [2.45, 2.75) is 25.8 Å². The number of urea groups is 1. The normalized spacial score (nSPS) is 14.9. The van der Waals surface area contributed by atoms with Crippen molar-refractivity contribution in [1.29, 1.82) is 0 Å². The monoisotopic (exact) mass is 518 g/mol. The van der Waals surface area contributed by atoms with Crippen molar-refractivity contribution in [2.24, 2.45) is 0 Å². The highest BCUT2D eigenvalue weighted by molar-refractivity contribution is 5.97. The van der Waals surface area contributed by atoms with Crippen LogP contribution in [-0.2, 0) is 17.7 Å². The molecular formula is C29H28F2N4O3. The lowest BCUT2D eigenvalue weighted by Gasteiger charge is -2.39. The summed E-state index contributed by atoms with van der Waals surface area (Å²) in [6.07, 6.45) is 1.99. The van der Waals surface area contributed by atoms with Gasteiger partial charge in [0.1, 0.15) is 5.69 Å². The largest absolute Gasteiger partial charge is 0.464 e. The zero-order chi connectivity index (χ0) is 27.1. The third-order valence-electron chi connectivity index (χ3n) is 7.20. The summed E-state index contributed by atoms with van der Waals surface area (Å²) in [7, 11) is 4.74. The Hall–Kier alpha value is -4.27. The molecule has 3 heterocycles. The third-order valence-corrected chi connectivity index (χ3v) is 7.20. The molecule has 2 aliphatic heterocycles. The van der Waals surface area contributed by atoms with Crippen molar-refractivity contribution in [1.82, 2.24) is 9.88 Å². The van der Waals surface area contributed by atoms with Crippen molar-refractivity contribution >= 4 is 35.1 Å².